The van der Waals surface area contributed by atoms with Gasteiger partial charge in [-0.3, -0.25) is 0 Å². The van der Waals surface area contributed by atoms with E-state index in [9.17, 15) is 4.79 Å². The fraction of sp³-hybridized carbons (Fsp3) is 0.133. The molecule has 2 rings (SSSR count). The van der Waals surface area contributed by atoms with Crippen LogP contribution in [0.5, 0.6) is 11.5 Å². The van der Waals surface area contributed by atoms with Crippen molar-refractivity contribution in [3.8, 4) is 11.5 Å². The van der Waals surface area contributed by atoms with E-state index in [0.29, 0.717) is 11.3 Å². The van der Waals surface area contributed by atoms with Crippen molar-refractivity contribution in [2.75, 3.05) is 7.11 Å². The van der Waals surface area contributed by atoms with Gasteiger partial charge in [-0.15, -0.1) is 0 Å². The molecule has 0 heterocycles. The van der Waals surface area contributed by atoms with Crippen LogP contribution in [0, 0.1) is 6.92 Å². The number of hydrogen-bond acceptors (Lipinski definition) is 3. The predicted molar refractivity (Wildman–Crippen MR) is 69.0 cm³/mol. The van der Waals surface area contributed by atoms with Crippen molar-refractivity contribution in [3.63, 3.8) is 0 Å². The monoisotopic (exact) mass is 242 g/mol. The van der Waals surface area contributed by atoms with Gasteiger partial charge < -0.3 is 9.47 Å². The molecule has 0 radical (unpaired) electrons. The van der Waals surface area contributed by atoms with E-state index in [0.717, 1.165) is 11.3 Å². The molecule has 0 spiro atoms. The maximum atomic E-state index is 11.3. The van der Waals surface area contributed by atoms with Crippen LogP contribution in [0.1, 0.15) is 15.9 Å². The molecule has 2 aromatic rings. The third kappa shape index (κ3) is 2.88. The van der Waals surface area contributed by atoms with E-state index in [2.05, 4.69) is 4.74 Å². The van der Waals surface area contributed by atoms with Gasteiger partial charge in [0.15, 0.2) is 0 Å². The van der Waals surface area contributed by atoms with Crippen LogP contribution in [0.2, 0.25) is 0 Å². The van der Waals surface area contributed by atoms with Crippen molar-refractivity contribution in [2.24, 2.45) is 0 Å². The number of carbonyl (C=O) groups excluding carboxylic acids is 1. The first-order valence-corrected chi connectivity index (χ1v) is 5.62. The van der Waals surface area contributed by atoms with Crippen LogP contribution < -0.4 is 4.74 Å². The molecule has 0 bridgehead atoms. The summed E-state index contributed by atoms with van der Waals surface area (Å²) in [5.41, 5.74) is 1.65. The van der Waals surface area contributed by atoms with Crippen LogP contribution in [-0.2, 0) is 4.74 Å². The average Bonchev–Trinajstić information content (AvgIpc) is 2.39. The Labute approximate surface area is 106 Å². The van der Waals surface area contributed by atoms with Gasteiger partial charge in [0.25, 0.3) is 0 Å². The minimum absolute atomic E-state index is 0.350. The Morgan fingerprint density at radius 3 is 2.33 bits per heavy atom. The Hall–Kier alpha value is -2.29. The van der Waals surface area contributed by atoms with E-state index in [-0.39, 0.29) is 5.97 Å². The molecule has 3 heteroatoms. The maximum absolute atomic E-state index is 11.3. The molecule has 18 heavy (non-hydrogen) atoms. The second kappa shape index (κ2) is 5.36. The number of esters is 1. The average molecular weight is 242 g/mol. The van der Waals surface area contributed by atoms with Crippen LogP contribution in [-0.4, -0.2) is 13.1 Å². The number of rotatable bonds is 3. The minimum Gasteiger partial charge on any atom is -0.465 e. The van der Waals surface area contributed by atoms with E-state index in [1.54, 1.807) is 24.3 Å². The Balaban J connectivity index is 2.13. The molecule has 0 aliphatic carbocycles. The molecule has 0 unspecified atom stereocenters. The van der Waals surface area contributed by atoms with Gasteiger partial charge in [-0.25, -0.2) is 4.79 Å². The zero-order valence-corrected chi connectivity index (χ0v) is 10.3. The quantitative estimate of drug-likeness (QED) is 0.772. The molecule has 0 aromatic heterocycles. The molecule has 92 valence electrons. The molecule has 0 aliphatic heterocycles. The number of carbonyl (C=O) groups is 1. The zero-order chi connectivity index (χ0) is 13.0. The molecular weight excluding hydrogens is 228 g/mol. The number of hydrogen-bond donors (Lipinski definition) is 0. The van der Waals surface area contributed by atoms with Crippen molar-refractivity contribution < 1.29 is 14.3 Å². The maximum Gasteiger partial charge on any atom is 0.337 e. The van der Waals surface area contributed by atoms with Gasteiger partial charge >= 0.3 is 5.97 Å². The first kappa shape index (κ1) is 12.2. The largest absolute Gasteiger partial charge is 0.465 e. The number of methoxy groups -OCH3 is 1. The van der Waals surface area contributed by atoms with Gasteiger partial charge in [0, 0.05) is 0 Å². The Bertz CT molecular complexity index is 544. The molecule has 3 nitrogen and oxygen atoms in total. The van der Waals surface area contributed by atoms with Crippen LogP contribution in [0.3, 0.4) is 0 Å². The summed E-state index contributed by atoms with van der Waals surface area (Å²) in [6.07, 6.45) is 0. The van der Waals surface area contributed by atoms with E-state index in [1.807, 2.05) is 31.2 Å². The highest BCUT2D eigenvalue weighted by molar-refractivity contribution is 5.89. The van der Waals surface area contributed by atoms with Crippen molar-refractivity contribution in [1.29, 1.82) is 0 Å². The number of benzene rings is 2. The highest BCUT2D eigenvalue weighted by Gasteiger charge is 2.05. The lowest BCUT2D eigenvalue weighted by molar-refractivity contribution is 0.0600. The van der Waals surface area contributed by atoms with E-state index >= 15 is 0 Å². The fourth-order valence-electron chi connectivity index (χ4n) is 1.59. The second-order valence-electron chi connectivity index (χ2n) is 3.93. The summed E-state index contributed by atoms with van der Waals surface area (Å²) in [6, 6.07) is 14.6. The van der Waals surface area contributed by atoms with Crippen molar-refractivity contribution >= 4 is 5.97 Å². The van der Waals surface area contributed by atoms with Crippen molar-refractivity contribution in [2.45, 2.75) is 6.92 Å². The lowest BCUT2D eigenvalue weighted by atomic mass is 10.2. The van der Waals surface area contributed by atoms with Crippen LogP contribution in [0.4, 0.5) is 0 Å². The standard InChI is InChI=1S/C15H14O3/c1-11-4-3-5-14(10-11)18-13-8-6-12(7-9-13)15(16)17-2/h3-10H,1-2H3. The lowest BCUT2D eigenvalue weighted by Crippen LogP contribution is -2.00. The molecule has 0 N–H and O–H groups in total. The second-order valence-corrected chi connectivity index (χ2v) is 3.93. The van der Waals surface area contributed by atoms with Gasteiger partial charge in [0.1, 0.15) is 11.5 Å². The summed E-state index contributed by atoms with van der Waals surface area (Å²) in [5, 5.41) is 0. The molecule has 0 saturated heterocycles. The third-order valence-electron chi connectivity index (χ3n) is 2.50. The Morgan fingerprint density at radius 2 is 1.72 bits per heavy atom. The summed E-state index contributed by atoms with van der Waals surface area (Å²) in [5.74, 6) is 1.12. The van der Waals surface area contributed by atoms with E-state index in [1.165, 1.54) is 7.11 Å². The fourth-order valence-corrected chi connectivity index (χ4v) is 1.59. The van der Waals surface area contributed by atoms with Gasteiger partial charge in [-0.05, 0) is 48.9 Å². The van der Waals surface area contributed by atoms with Gasteiger partial charge in [-0.2, -0.15) is 0 Å². The third-order valence-corrected chi connectivity index (χ3v) is 2.50. The van der Waals surface area contributed by atoms with Gasteiger partial charge in [-0.1, -0.05) is 12.1 Å². The molecular formula is C15H14O3. The predicted octanol–water partition coefficient (Wildman–Crippen LogP) is 3.57. The van der Waals surface area contributed by atoms with Crippen molar-refractivity contribution in [3.05, 3.63) is 59.7 Å². The Morgan fingerprint density at radius 1 is 1.00 bits per heavy atom. The van der Waals surface area contributed by atoms with Gasteiger partial charge in [0.05, 0.1) is 12.7 Å². The normalized spacial score (nSPS) is 9.89. The highest BCUT2D eigenvalue weighted by Crippen LogP contribution is 2.22. The molecule has 0 saturated carbocycles. The number of aryl methyl sites for hydroxylation is 1. The van der Waals surface area contributed by atoms with Crippen LogP contribution in [0.15, 0.2) is 48.5 Å². The SMILES string of the molecule is COC(=O)c1ccc(Oc2cccc(C)c2)cc1. The van der Waals surface area contributed by atoms with E-state index < -0.39 is 0 Å². The molecule has 0 amide bonds. The first-order valence-electron chi connectivity index (χ1n) is 5.62. The Kier molecular flexibility index (Phi) is 3.63. The zero-order valence-electron chi connectivity index (χ0n) is 10.3. The minimum atomic E-state index is -0.350. The van der Waals surface area contributed by atoms with Crippen LogP contribution in [0.25, 0.3) is 0 Å². The number of ether oxygens (including phenoxy) is 2. The van der Waals surface area contributed by atoms with E-state index in [4.69, 9.17) is 4.74 Å². The molecule has 0 fully saturated rings. The molecule has 0 aliphatic rings. The summed E-state index contributed by atoms with van der Waals surface area (Å²) in [7, 11) is 1.36. The summed E-state index contributed by atoms with van der Waals surface area (Å²) in [4.78, 5) is 11.3. The molecule has 0 atom stereocenters. The van der Waals surface area contributed by atoms with Crippen molar-refractivity contribution in [1.82, 2.24) is 0 Å². The highest BCUT2D eigenvalue weighted by atomic mass is 16.5. The summed E-state index contributed by atoms with van der Waals surface area (Å²) in [6.45, 7) is 2.01. The molecule has 2 aromatic carbocycles. The lowest BCUT2D eigenvalue weighted by Gasteiger charge is -2.06. The van der Waals surface area contributed by atoms with Gasteiger partial charge in [0.2, 0.25) is 0 Å². The smallest absolute Gasteiger partial charge is 0.337 e. The summed E-state index contributed by atoms with van der Waals surface area (Å²) < 4.78 is 10.3. The first-order chi connectivity index (χ1) is 8.69. The van der Waals surface area contributed by atoms with Crippen LogP contribution >= 0.6 is 0 Å². The topological polar surface area (TPSA) is 35.5 Å². The summed E-state index contributed by atoms with van der Waals surface area (Å²) >= 11 is 0.